The first kappa shape index (κ1) is 9.38. The van der Waals surface area contributed by atoms with Crippen molar-refractivity contribution >= 4 is 6.29 Å². The summed E-state index contributed by atoms with van der Waals surface area (Å²) in [4.78, 5) is 15.3. The molecule has 2 unspecified atom stereocenters. The summed E-state index contributed by atoms with van der Waals surface area (Å²) >= 11 is 0. The molecule has 1 aromatic rings. The molecule has 1 aliphatic carbocycles. The number of hydrogen-bond donors (Lipinski definition) is 0. The Labute approximate surface area is 84.4 Å². The summed E-state index contributed by atoms with van der Waals surface area (Å²) in [5.74, 6) is 0.557. The summed E-state index contributed by atoms with van der Waals surface area (Å²) in [6.07, 6.45) is 7.48. The van der Waals surface area contributed by atoms with Crippen LogP contribution in [0, 0.1) is 5.92 Å². The van der Waals surface area contributed by atoms with Gasteiger partial charge in [-0.25, -0.2) is 0 Å². The van der Waals surface area contributed by atoms with E-state index in [1.54, 1.807) is 0 Å². The Bertz CT molecular complexity index is 296. The predicted molar refractivity (Wildman–Crippen MR) is 55.0 cm³/mol. The standard InChI is InChI=1S/C12H15NO/c14-9-10-5-1-2-6-11(10)12-7-3-4-8-13-12/h3-4,7-11H,1-2,5-6H2. The van der Waals surface area contributed by atoms with E-state index < -0.39 is 0 Å². The lowest BCUT2D eigenvalue weighted by Gasteiger charge is -2.26. The number of aldehydes is 1. The highest BCUT2D eigenvalue weighted by atomic mass is 16.1. The van der Waals surface area contributed by atoms with Gasteiger partial charge < -0.3 is 4.79 Å². The van der Waals surface area contributed by atoms with Crippen molar-refractivity contribution < 1.29 is 4.79 Å². The summed E-state index contributed by atoms with van der Waals surface area (Å²) in [7, 11) is 0. The van der Waals surface area contributed by atoms with Gasteiger partial charge in [-0.05, 0) is 25.0 Å². The van der Waals surface area contributed by atoms with Gasteiger partial charge in [0.25, 0.3) is 0 Å². The van der Waals surface area contributed by atoms with Crippen LogP contribution in [-0.4, -0.2) is 11.3 Å². The molecular weight excluding hydrogens is 174 g/mol. The zero-order valence-corrected chi connectivity index (χ0v) is 8.23. The number of pyridine rings is 1. The van der Waals surface area contributed by atoms with E-state index in [9.17, 15) is 4.79 Å². The van der Waals surface area contributed by atoms with Crippen molar-refractivity contribution in [2.45, 2.75) is 31.6 Å². The first-order valence-corrected chi connectivity index (χ1v) is 5.28. The minimum atomic E-state index is 0.193. The summed E-state index contributed by atoms with van der Waals surface area (Å²) in [5, 5.41) is 0. The molecule has 0 N–H and O–H groups in total. The average molecular weight is 189 g/mol. The Balaban J connectivity index is 2.19. The van der Waals surface area contributed by atoms with Gasteiger partial charge in [0, 0.05) is 23.7 Å². The number of hydrogen-bond acceptors (Lipinski definition) is 2. The Kier molecular flexibility index (Phi) is 2.92. The number of aromatic nitrogens is 1. The second kappa shape index (κ2) is 4.36. The molecule has 0 aromatic carbocycles. The second-order valence-corrected chi connectivity index (χ2v) is 3.95. The zero-order valence-electron chi connectivity index (χ0n) is 8.23. The molecule has 0 spiro atoms. The fourth-order valence-corrected chi connectivity index (χ4v) is 2.28. The molecule has 1 heterocycles. The quantitative estimate of drug-likeness (QED) is 0.669. The maximum atomic E-state index is 10.9. The fourth-order valence-electron chi connectivity index (χ4n) is 2.28. The Morgan fingerprint density at radius 1 is 1.29 bits per heavy atom. The zero-order chi connectivity index (χ0) is 9.80. The molecule has 0 bridgehead atoms. The van der Waals surface area contributed by atoms with Crippen molar-refractivity contribution in [1.82, 2.24) is 4.98 Å². The molecule has 0 aliphatic heterocycles. The third-order valence-electron chi connectivity index (χ3n) is 3.06. The van der Waals surface area contributed by atoms with E-state index in [4.69, 9.17) is 0 Å². The van der Waals surface area contributed by atoms with Crippen molar-refractivity contribution in [3.63, 3.8) is 0 Å². The smallest absolute Gasteiger partial charge is 0.123 e. The van der Waals surface area contributed by atoms with Gasteiger partial charge in [-0.1, -0.05) is 18.9 Å². The molecule has 2 atom stereocenters. The monoisotopic (exact) mass is 189 g/mol. The molecule has 1 fully saturated rings. The first-order valence-electron chi connectivity index (χ1n) is 5.28. The molecule has 14 heavy (non-hydrogen) atoms. The lowest BCUT2D eigenvalue weighted by molar-refractivity contribution is -0.112. The van der Waals surface area contributed by atoms with E-state index in [0.29, 0.717) is 5.92 Å². The van der Waals surface area contributed by atoms with Crippen LogP contribution in [0.2, 0.25) is 0 Å². The summed E-state index contributed by atoms with van der Waals surface area (Å²) in [5.41, 5.74) is 1.09. The van der Waals surface area contributed by atoms with Gasteiger partial charge in [-0.2, -0.15) is 0 Å². The fraction of sp³-hybridized carbons (Fsp3) is 0.500. The molecule has 74 valence electrons. The number of carbonyl (C=O) groups excluding carboxylic acids is 1. The predicted octanol–water partition coefficient (Wildman–Crippen LogP) is 2.55. The van der Waals surface area contributed by atoms with Crippen LogP contribution in [0.5, 0.6) is 0 Å². The maximum absolute atomic E-state index is 10.9. The first-order chi connectivity index (χ1) is 6.92. The molecule has 0 saturated heterocycles. The van der Waals surface area contributed by atoms with E-state index in [1.807, 2.05) is 24.4 Å². The molecule has 1 aromatic heterocycles. The van der Waals surface area contributed by atoms with Crippen LogP contribution in [0.25, 0.3) is 0 Å². The van der Waals surface area contributed by atoms with Gasteiger partial charge in [-0.3, -0.25) is 4.98 Å². The van der Waals surface area contributed by atoms with E-state index in [-0.39, 0.29) is 5.92 Å². The Morgan fingerprint density at radius 3 is 2.86 bits per heavy atom. The lowest BCUT2D eigenvalue weighted by Crippen LogP contribution is -2.19. The van der Waals surface area contributed by atoms with Crippen LogP contribution >= 0.6 is 0 Å². The van der Waals surface area contributed by atoms with Crippen molar-refractivity contribution in [2.24, 2.45) is 5.92 Å². The summed E-state index contributed by atoms with van der Waals surface area (Å²) in [6, 6.07) is 5.95. The molecule has 0 radical (unpaired) electrons. The summed E-state index contributed by atoms with van der Waals surface area (Å²) < 4.78 is 0. The third-order valence-corrected chi connectivity index (χ3v) is 3.06. The molecule has 1 saturated carbocycles. The van der Waals surface area contributed by atoms with Crippen LogP contribution < -0.4 is 0 Å². The topological polar surface area (TPSA) is 30.0 Å². The molecule has 2 heteroatoms. The largest absolute Gasteiger partial charge is 0.303 e. The second-order valence-electron chi connectivity index (χ2n) is 3.95. The van der Waals surface area contributed by atoms with E-state index in [1.165, 1.54) is 12.8 Å². The SMILES string of the molecule is O=CC1CCCCC1c1ccccn1. The lowest BCUT2D eigenvalue weighted by atomic mass is 9.78. The van der Waals surface area contributed by atoms with Crippen molar-refractivity contribution in [3.05, 3.63) is 30.1 Å². The van der Waals surface area contributed by atoms with Crippen molar-refractivity contribution in [1.29, 1.82) is 0 Å². The van der Waals surface area contributed by atoms with Crippen LogP contribution in [0.1, 0.15) is 37.3 Å². The van der Waals surface area contributed by atoms with E-state index in [0.717, 1.165) is 24.8 Å². The van der Waals surface area contributed by atoms with Gasteiger partial charge in [-0.15, -0.1) is 0 Å². The highest BCUT2D eigenvalue weighted by Crippen LogP contribution is 2.35. The van der Waals surface area contributed by atoms with Gasteiger partial charge in [0.05, 0.1) is 0 Å². The van der Waals surface area contributed by atoms with Gasteiger partial charge >= 0.3 is 0 Å². The normalized spacial score (nSPS) is 27.1. The minimum absolute atomic E-state index is 0.193. The Hall–Kier alpha value is -1.18. The number of carbonyl (C=O) groups is 1. The maximum Gasteiger partial charge on any atom is 0.123 e. The highest BCUT2D eigenvalue weighted by molar-refractivity contribution is 5.55. The van der Waals surface area contributed by atoms with Crippen LogP contribution in [0.15, 0.2) is 24.4 Å². The highest BCUT2D eigenvalue weighted by Gasteiger charge is 2.26. The molecule has 1 aliphatic rings. The van der Waals surface area contributed by atoms with E-state index in [2.05, 4.69) is 4.98 Å². The Morgan fingerprint density at radius 2 is 2.14 bits per heavy atom. The van der Waals surface area contributed by atoms with Gasteiger partial charge in [0.1, 0.15) is 6.29 Å². The number of nitrogens with zero attached hydrogens (tertiary/aromatic N) is 1. The summed E-state index contributed by atoms with van der Waals surface area (Å²) in [6.45, 7) is 0. The van der Waals surface area contributed by atoms with Gasteiger partial charge in [0.2, 0.25) is 0 Å². The number of rotatable bonds is 2. The molecular formula is C12H15NO. The molecule has 2 rings (SSSR count). The van der Waals surface area contributed by atoms with Crippen LogP contribution in [-0.2, 0) is 4.79 Å². The molecule has 0 amide bonds. The van der Waals surface area contributed by atoms with Gasteiger partial charge in [0.15, 0.2) is 0 Å². The van der Waals surface area contributed by atoms with E-state index >= 15 is 0 Å². The van der Waals surface area contributed by atoms with Crippen LogP contribution in [0.4, 0.5) is 0 Å². The van der Waals surface area contributed by atoms with Crippen molar-refractivity contribution in [2.75, 3.05) is 0 Å². The minimum Gasteiger partial charge on any atom is -0.303 e. The third kappa shape index (κ3) is 1.84. The van der Waals surface area contributed by atoms with Crippen LogP contribution in [0.3, 0.4) is 0 Å². The average Bonchev–Trinajstić information content (AvgIpc) is 2.30. The molecule has 2 nitrogen and oxygen atoms in total. The van der Waals surface area contributed by atoms with Crippen molar-refractivity contribution in [3.8, 4) is 0 Å².